The van der Waals surface area contributed by atoms with Crippen molar-refractivity contribution in [2.45, 2.75) is 277 Å². The summed E-state index contributed by atoms with van der Waals surface area (Å²) in [6, 6.07) is -0.852. The number of esters is 1. The van der Waals surface area contributed by atoms with Crippen LogP contribution in [0.25, 0.3) is 0 Å². The lowest BCUT2D eigenvalue weighted by atomic mass is 10.0. The molecule has 0 saturated heterocycles. The van der Waals surface area contributed by atoms with Crippen molar-refractivity contribution in [1.82, 2.24) is 5.32 Å². The first-order valence-corrected chi connectivity index (χ1v) is 30.5. The summed E-state index contributed by atoms with van der Waals surface area (Å²) in [6.45, 7) is 6.90. The van der Waals surface area contributed by atoms with E-state index in [1.807, 2.05) is 33.3 Å². The normalized spacial score (nSPS) is 14.1. The molecule has 1 amide bonds. The minimum Gasteiger partial charge on any atom is -0.456 e. The van der Waals surface area contributed by atoms with Gasteiger partial charge in [-0.2, -0.15) is 0 Å². The lowest BCUT2D eigenvalue weighted by Gasteiger charge is -2.27. The molecule has 9 nitrogen and oxygen atoms in total. The Morgan fingerprint density at radius 1 is 0.522 bits per heavy atom. The minimum absolute atomic E-state index is 0.0379. The summed E-state index contributed by atoms with van der Waals surface area (Å²) >= 11 is 0. The second-order valence-electron chi connectivity index (χ2n) is 20.8. The second kappa shape index (κ2) is 49.5. The summed E-state index contributed by atoms with van der Waals surface area (Å²) < 4.78 is 30.6. The number of carbonyl (C=O) groups is 2. The van der Waals surface area contributed by atoms with Gasteiger partial charge in [-0.3, -0.25) is 18.6 Å². The van der Waals surface area contributed by atoms with E-state index in [1.54, 1.807) is 0 Å². The molecule has 0 saturated carbocycles. The molecule has 2 N–H and O–H groups in total. The Morgan fingerprint density at radius 3 is 1.39 bits per heavy atom. The van der Waals surface area contributed by atoms with Gasteiger partial charge >= 0.3 is 13.8 Å². The molecule has 0 fully saturated rings. The van der Waals surface area contributed by atoms with Crippen LogP contribution in [0.15, 0.2) is 48.6 Å². The average molecular weight is 993 g/mol. The molecule has 69 heavy (non-hydrogen) atoms. The SMILES string of the molecule is CC/C=C/C/C=C/CCCCCCCCCC(=O)NC(COP(=O)(O)OCC[N+](C)(C)C)C(/C=C/CCCCCCCCCCCC)OC(=O)CCCCCCCCC/C=C/CCCCCCCC. The quantitative estimate of drug-likeness (QED) is 0.0205. The fraction of sp³-hybridized carbons (Fsp3) is 0.831. The van der Waals surface area contributed by atoms with Crippen molar-refractivity contribution in [3.8, 4) is 0 Å². The molecule has 0 aromatic heterocycles. The van der Waals surface area contributed by atoms with Crippen molar-refractivity contribution in [3.05, 3.63) is 48.6 Å². The summed E-state index contributed by atoms with van der Waals surface area (Å²) in [4.78, 5) is 37.6. The fourth-order valence-electron chi connectivity index (χ4n) is 8.27. The second-order valence-corrected chi connectivity index (χ2v) is 22.2. The molecule has 0 rings (SSSR count). The number of amides is 1. The molecule has 0 aromatic carbocycles. The van der Waals surface area contributed by atoms with E-state index in [2.05, 4.69) is 62.5 Å². The van der Waals surface area contributed by atoms with Crippen molar-refractivity contribution in [1.29, 1.82) is 0 Å². The zero-order chi connectivity index (χ0) is 50.8. The van der Waals surface area contributed by atoms with Gasteiger partial charge in [0.2, 0.25) is 5.91 Å². The molecule has 3 atom stereocenters. The molecule has 404 valence electrons. The molecular formula is C59H112N2O7P+. The highest BCUT2D eigenvalue weighted by Gasteiger charge is 2.30. The third-order valence-electron chi connectivity index (χ3n) is 12.8. The van der Waals surface area contributed by atoms with Gasteiger partial charge in [-0.25, -0.2) is 4.57 Å². The minimum atomic E-state index is -4.44. The monoisotopic (exact) mass is 992 g/mol. The predicted octanol–water partition coefficient (Wildman–Crippen LogP) is 17.3. The van der Waals surface area contributed by atoms with Crippen molar-refractivity contribution in [2.24, 2.45) is 0 Å². The third-order valence-corrected chi connectivity index (χ3v) is 13.7. The lowest BCUT2D eigenvalue weighted by Crippen LogP contribution is -2.47. The van der Waals surface area contributed by atoms with E-state index >= 15 is 0 Å². The molecule has 0 heterocycles. The first-order valence-electron chi connectivity index (χ1n) is 29.0. The topological polar surface area (TPSA) is 111 Å². The van der Waals surface area contributed by atoms with Crippen molar-refractivity contribution >= 4 is 19.7 Å². The number of quaternary nitrogens is 1. The van der Waals surface area contributed by atoms with Gasteiger partial charge in [0, 0.05) is 12.8 Å². The summed E-state index contributed by atoms with van der Waals surface area (Å²) in [7, 11) is 1.49. The number of carbonyl (C=O) groups excluding carboxylic acids is 2. The summed E-state index contributed by atoms with van der Waals surface area (Å²) in [6.07, 6.45) is 59.6. The number of hydrogen-bond acceptors (Lipinski definition) is 6. The van der Waals surface area contributed by atoms with Crippen molar-refractivity contribution in [2.75, 3.05) is 40.9 Å². The van der Waals surface area contributed by atoms with Crippen LogP contribution in [-0.2, 0) is 27.9 Å². The Labute approximate surface area is 427 Å². The van der Waals surface area contributed by atoms with Gasteiger partial charge < -0.3 is 19.4 Å². The standard InChI is InChI=1S/C59H111N2O7P/c1-7-10-13-16-19-22-25-28-30-31-32-34-37-40-43-46-49-52-59(63)68-57(50-47-44-41-38-35-27-24-21-18-15-12-9-3)56(55-67-69(64,65)66-54-53-61(4,5)6)60-58(62)51-48-45-42-39-36-33-29-26-23-20-17-14-11-8-2/h11,14,20,23,28,30,47,50,56-57H,7-10,12-13,15-19,21-22,24-27,29,31-46,48-49,51-55H2,1-6H3,(H-,60,62,64,65)/p+1/b14-11+,23-20+,30-28+,50-47+. The summed E-state index contributed by atoms with van der Waals surface area (Å²) in [5, 5.41) is 3.04. The highest BCUT2D eigenvalue weighted by atomic mass is 31.2. The van der Waals surface area contributed by atoms with Crippen LogP contribution in [0.1, 0.15) is 265 Å². The smallest absolute Gasteiger partial charge is 0.456 e. The number of rotatable bonds is 52. The first-order chi connectivity index (χ1) is 33.4. The summed E-state index contributed by atoms with van der Waals surface area (Å²) in [5.74, 6) is -0.515. The number of unbranched alkanes of at least 4 members (excludes halogenated alkanes) is 30. The Balaban J connectivity index is 5.34. The van der Waals surface area contributed by atoms with Gasteiger partial charge in [-0.05, 0) is 83.1 Å². The highest BCUT2D eigenvalue weighted by Crippen LogP contribution is 2.43. The molecule has 0 radical (unpaired) electrons. The molecule has 0 aliphatic heterocycles. The predicted molar refractivity (Wildman–Crippen MR) is 295 cm³/mol. The lowest BCUT2D eigenvalue weighted by molar-refractivity contribution is -0.870. The Kier molecular flexibility index (Phi) is 48.1. The zero-order valence-electron chi connectivity index (χ0n) is 46.1. The highest BCUT2D eigenvalue weighted by molar-refractivity contribution is 7.47. The molecule has 0 spiro atoms. The molecule has 3 unspecified atom stereocenters. The van der Waals surface area contributed by atoms with Gasteiger partial charge in [0.25, 0.3) is 0 Å². The van der Waals surface area contributed by atoms with Crippen LogP contribution in [0.5, 0.6) is 0 Å². The number of nitrogens with one attached hydrogen (secondary N) is 1. The number of hydrogen-bond donors (Lipinski definition) is 2. The Bertz CT molecular complexity index is 1330. The molecular weight excluding hydrogens is 880 g/mol. The molecule has 0 aliphatic rings. The molecule has 0 bridgehead atoms. The first kappa shape index (κ1) is 67.0. The van der Waals surface area contributed by atoms with Crippen LogP contribution in [0, 0.1) is 0 Å². The van der Waals surface area contributed by atoms with Crippen molar-refractivity contribution in [3.63, 3.8) is 0 Å². The largest absolute Gasteiger partial charge is 0.472 e. The number of nitrogens with zero attached hydrogens (tertiary/aromatic N) is 1. The van der Waals surface area contributed by atoms with E-state index in [1.165, 1.54) is 148 Å². The number of likely N-dealkylation sites (N-methyl/N-ethyl adjacent to an activating group) is 1. The molecule has 0 aliphatic carbocycles. The maximum Gasteiger partial charge on any atom is 0.472 e. The van der Waals surface area contributed by atoms with E-state index in [4.69, 9.17) is 13.8 Å². The number of ether oxygens (including phenoxy) is 1. The van der Waals surface area contributed by atoms with Crippen molar-refractivity contribution < 1.29 is 37.3 Å². The van der Waals surface area contributed by atoms with Gasteiger partial charge in [0.15, 0.2) is 0 Å². The summed E-state index contributed by atoms with van der Waals surface area (Å²) in [5.41, 5.74) is 0. The Morgan fingerprint density at radius 2 is 0.928 bits per heavy atom. The van der Waals surface area contributed by atoms with Crippen LogP contribution in [-0.4, -0.2) is 74.3 Å². The van der Waals surface area contributed by atoms with E-state index in [0.717, 1.165) is 83.5 Å². The van der Waals surface area contributed by atoms with Crippen LogP contribution >= 0.6 is 7.82 Å². The molecule has 0 aromatic rings. The average Bonchev–Trinajstić information content (AvgIpc) is 3.31. The maximum atomic E-state index is 13.5. The third kappa shape index (κ3) is 50.7. The van der Waals surface area contributed by atoms with Gasteiger partial charge in [0.1, 0.15) is 19.3 Å². The Hall–Kier alpha value is -2.03. The van der Waals surface area contributed by atoms with Crippen LogP contribution < -0.4 is 5.32 Å². The molecule has 10 heteroatoms. The van der Waals surface area contributed by atoms with E-state index in [-0.39, 0.29) is 31.5 Å². The zero-order valence-corrected chi connectivity index (χ0v) is 47.0. The maximum absolute atomic E-state index is 13.5. The van der Waals surface area contributed by atoms with Gasteiger partial charge in [0.05, 0.1) is 33.8 Å². The number of phosphoric ester groups is 1. The van der Waals surface area contributed by atoms with Gasteiger partial charge in [-0.1, -0.05) is 217 Å². The van der Waals surface area contributed by atoms with Crippen LogP contribution in [0.3, 0.4) is 0 Å². The van der Waals surface area contributed by atoms with E-state index in [9.17, 15) is 19.0 Å². The van der Waals surface area contributed by atoms with E-state index < -0.39 is 20.0 Å². The van der Waals surface area contributed by atoms with Crippen LogP contribution in [0.2, 0.25) is 0 Å². The van der Waals surface area contributed by atoms with Gasteiger partial charge in [-0.15, -0.1) is 0 Å². The number of phosphoric acid groups is 1. The fourth-order valence-corrected chi connectivity index (χ4v) is 9.00. The van der Waals surface area contributed by atoms with E-state index in [0.29, 0.717) is 17.4 Å². The van der Waals surface area contributed by atoms with Crippen LogP contribution in [0.4, 0.5) is 0 Å². The number of allylic oxidation sites excluding steroid dienone is 7.